The molecule has 0 heterocycles. The molecule has 0 saturated heterocycles. The molecule has 13 heteroatoms. The largest absolute Gasteiger partial charge is 1.00 e. The first kappa shape index (κ1) is 34.4. The Kier molecular flexibility index (Phi) is 15.1. The molecule has 0 aliphatic carbocycles. The minimum Gasteiger partial charge on any atom is -0.744 e. The number of carbonyl (C=O) groups is 4. The van der Waals surface area contributed by atoms with Crippen LogP contribution in [0.5, 0.6) is 0 Å². The zero-order chi connectivity index (χ0) is 28.1. The van der Waals surface area contributed by atoms with Gasteiger partial charge in [0.15, 0.2) is 5.78 Å². The SMILES string of the molecule is COCCCCOC(=O)c1cc(C(=O)OCCCCOC(=O)c2ccc(C(C)=O)cc2)cc(S(=O)(=O)[O-])c1.[Na+]. The Morgan fingerprint density at radius 3 is 1.44 bits per heavy atom. The van der Waals surface area contributed by atoms with Crippen LogP contribution in [0.25, 0.3) is 0 Å². The summed E-state index contributed by atoms with van der Waals surface area (Å²) in [5.74, 6) is -2.51. The molecule has 0 spiro atoms. The number of ketones is 1. The van der Waals surface area contributed by atoms with Gasteiger partial charge in [0.25, 0.3) is 0 Å². The van der Waals surface area contributed by atoms with Gasteiger partial charge < -0.3 is 23.5 Å². The zero-order valence-electron chi connectivity index (χ0n) is 22.1. The van der Waals surface area contributed by atoms with E-state index in [4.69, 9.17) is 18.9 Å². The van der Waals surface area contributed by atoms with E-state index >= 15 is 0 Å². The molecular formula is C26H29NaO11S. The Morgan fingerprint density at radius 2 is 1.05 bits per heavy atom. The van der Waals surface area contributed by atoms with Gasteiger partial charge in [-0.2, -0.15) is 0 Å². The molecule has 2 rings (SSSR count). The molecule has 0 atom stereocenters. The molecule has 0 bridgehead atoms. The Labute approximate surface area is 249 Å². The number of unbranched alkanes of at least 4 members (excludes halogenated alkanes) is 2. The second-order valence-corrected chi connectivity index (χ2v) is 9.53. The summed E-state index contributed by atoms with van der Waals surface area (Å²) in [6.45, 7) is 1.91. The van der Waals surface area contributed by atoms with Gasteiger partial charge in [-0.15, -0.1) is 0 Å². The van der Waals surface area contributed by atoms with Crippen LogP contribution in [-0.4, -0.2) is 70.2 Å². The first-order chi connectivity index (χ1) is 18.0. The second-order valence-electron chi connectivity index (χ2n) is 8.15. The first-order valence-corrected chi connectivity index (χ1v) is 13.2. The predicted molar refractivity (Wildman–Crippen MR) is 132 cm³/mol. The molecule has 206 valence electrons. The van der Waals surface area contributed by atoms with Crippen molar-refractivity contribution in [3.63, 3.8) is 0 Å². The topological polar surface area (TPSA) is 162 Å². The third-order valence-corrected chi connectivity index (χ3v) is 5.99. The van der Waals surface area contributed by atoms with Crippen molar-refractivity contribution < 1.29 is 80.7 Å². The molecule has 39 heavy (non-hydrogen) atoms. The van der Waals surface area contributed by atoms with Gasteiger partial charge in [-0.3, -0.25) is 4.79 Å². The molecule has 2 aromatic rings. The minimum absolute atomic E-state index is 0. The predicted octanol–water partition coefficient (Wildman–Crippen LogP) is 0.175. The van der Waals surface area contributed by atoms with E-state index in [1.165, 1.54) is 38.3 Å². The maximum Gasteiger partial charge on any atom is 1.00 e. The number of ether oxygens (including phenoxy) is 4. The van der Waals surface area contributed by atoms with Crippen molar-refractivity contribution in [1.29, 1.82) is 0 Å². The summed E-state index contributed by atoms with van der Waals surface area (Å²) in [6.07, 6.45) is 1.83. The van der Waals surface area contributed by atoms with Crippen LogP contribution in [0.4, 0.5) is 0 Å². The van der Waals surface area contributed by atoms with Crippen molar-refractivity contribution in [2.24, 2.45) is 0 Å². The van der Waals surface area contributed by atoms with Crippen LogP contribution < -0.4 is 29.6 Å². The Hall–Kier alpha value is -2.61. The molecule has 11 nitrogen and oxygen atoms in total. The molecular weight excluding hydrogens is 543 g/mol. The van der Waals surface area contributed by atoms with Crippen LogP contribution in [0.3, 0.4) is 0 Å². The molecule has 0 aliphatic heterocycles. The molecule has 0 fully saturated rings. The van der Waals surface area contributed by atoms with E-state index in [9.17, 15) is 32.1 Å². The zero-order valence-corrected chi connectivity index (χ0v) is 24.9. The van der Waals surface area contributed by atoms with Gasteiger partial charge in [-0.25, -0.2) is 22.8 Å². The monoisotopic (exact) mass is 572 g/mol. The van der Waals surface area contributed by atoms with Crippen LogP contribution >= 0.6 is 0 Å². The van der Waals surface area contributed by atoms with Crippen LogP contribution in [-0.2, 0) is 29.1 Å². The number of carbonyl (C=O) groups excluding carboxylic acids is 4. The summed E-state index contributed by atoms with van der Waals surface area (Å²) in [4.78, 5) is 47.3. The standard InChI is InChI=1S/C26H30O11S.Na/c1-18(27)19-7-9-20(10-8-19)24(28)35-13-5-6-14-37-26(30)22-15-21(16-23(17-22)38(31,32)33)25(29)36-12-4-3-11-34-2;/h7-10,15-17H,3-6,11-14H2,1-2H3,(H,31,32,33);/q;+1/p-1. The Bertz CT molecular complexity index is 1240. The van der Waals surface area contributed by atoms with Crippen molar-refractivity contribution in [1.82, 2.24) is 0 Å². The smallest absolute Gasteiger partial charge is 0.744 e. The molecule has 0 saturated carbocycles. The number of methoxy groups -OCH3 is 1. The fraction of sp³-hybridized carbons (Fsp3) is 0.385. The summed E-state index contributed by atoms with van der Waals surface area (Å²) in [5, 5.41) is 0. The molecule has 0 amide bonds. The maximum absolute atomic E-state index is 12.4. The average Bonchev–Trinajstić information content (AvgIpc) is 2.89. The van der Waals surface area contributed by atoms with E-state index in [1.54, 1.807) is 0 Å². The normalized spacial score (nSPS) is 10.7. The van der Waals surface area contributed by atoms with E-state index in [-0.39, 0.29) is 66.3 Å². The second kappa shape index (κ2) is 17.2. The maximum atomic E-state index is 12.4. The summed E-state index contributed by atoms with van der Waals surface area (Å²) >= 11 is 0. The van der Waals surface area contributed by atoms with E-state index in [0.717, 1.165) is 18.2 Å². The average molecular weight is 573 g/mol. The van der Waals surface area contributed by atoms with Crippen molar-refractivity contribution in [3.05, 3.63) is 64.7 Å². The third-order valence-electron chi connectivity index (χ3n) is 5.17. The van der Waals surface area contributed by atoms with E-state index in [2.05, 4.69) is 0 Å². The molecule has 0 aliphatic rings. The van der Waals surface area contributed by atoms with E-state index < -0.39 is 32.9 Å². The number of esters is 3. The number of hydrogen-bond donors (Lipinski definition) is 0. The first-order valence-electron chi connectivity index (χ1n) is 11.7. The van der Waals surface area contributed by atoms with Crippen LogP contribution in [0.15, 0.2) is 47.4 Å². The van der Waals surface area contributed by atoms with Crippen LogP contribution in [0.1, 0.15) is 74.0 Å². The van der Waals surface area contributed by atoms with E-state index in [0.29, 0.717) is 43.4 Å². The number of Topliss-reactive ketones (excluding diaryl/α,β-unsaturated/α-hetero) is 1. The number of rotatable bonds is 15. The van der Waals surface area contributed by atoms with Gasteiger partial charge in [0.1, 0.15) is 10.1 Å². The molecule has 0 aromatic heterocycles. The molecule has 0 unspecified atom stereocenters. The number of benzene rings is 2. The van der Waals surface area contributed by atoms with Crippen molar-refractivity contribution in [2.75, 3.05) is 33.5 Å². The van der Waals surface area contributed by atoms with Gasteiger partial charge in [0.05, 0.1) is 41.4 Å². The Morgan fingerprint density at radius 1 is 0.667 bits per heavy atom. The van der Waals surface area contributed by atoms with E-state index in [1.807, 2.05) is 0 Å². The fourth-order valence-corrected chi connectivity index (χ4v) is 3.66. The van der Waals surface area contributed by atoms with Gasteiger partial charge >= 0.3 is 47.5 Å². The summed E-state index contributed by atoms with van der Waals surface area (Å²) in [5.41, 5.74) is 0.195. The van der Waals surface area contributed by atoms with Gasteiger partial charge in [0, 0.05) is 19.3 Å². The molecule has 2 aromatic carbocycles. The van der Waals surface area contributed by atoms with Crippen LogP contribution in [0.2, 0.25) is 0 Å². The summed E-state index contributed by atoms with van der Waals surface area (Å²) in [7, 11) is -3.43. The van der Waals surface area contributed by atoms with Gasteiger partial charge in [-0.05, 0) is 62.9 Å². The van der Waals surface area contributed by atoms with Crippen LogP contribution in [0, 0.1) is 0 Å². The molecule has 0 N–H and O–H groups in total. The van der Waals surface area contributed by atoms with Crippen molar-refractivity contribution in [3.8, 4) is 0 Å². The van der Waals surface area contributed by atoms with Gasteiger partial charge in [0.2, 0.25) is 0 Å². The number of hydrogen-bond acceptors (Lipinski definition) is 11. The molecule has 0 radical (unpaired) electrons. The summed E-state index contributed by atoms with van der Waals surface area (Å²) < 4.78 is 54.8. The Balaban J connectivity index is 0.00000760. The quantitative estimate of drug-likeness (QED) is 0.0714. The van der Waals surface area contributed by atoms with Crippen molar-refractivity contribution >= 4 is 33.8 Å². The van der Waals surface area contributed by atoms with Gasteiger partial charge in [-0.1, -0.05) is 12.1 Å². The fourth-order valence-electron chi connectivity index (χ4n) is 3.12. The summed E-state index contributed by atoms with van der Waals surface area (Å²) in [6, 6.07) is 8.80. The van der Waals surface area contributed by atoms with Crippen molar-refractivity contribution in [2.45, 2.75) is 37.5 Å². The minimum atomic E-state index is -4.96. The third kappa shape index (κ3) is 12.0.